The Morgan fingerprint density at radius 3 is 2.71 bits per heavy atom. The minimum Gasteiger partial charge on any atom is -0.310 e. The van der Waals surface area contributed by atoms with Gasteiger partial charge in [0.05, 0.1) is 11.2 Å². The Hall–Kier alpha value is -2.20. The summed E-state index contributed by atoms with van der Waals surface area (Å²) >= 11 is 0. The lowest BCUT2D eigenvalue weighted by molar-refractivity contribution is 0.587. The molecule has 1 aromatic heterocycles. The van der Waals surface area contributed by atoms with E-state index in [-0.39, 0.29) is 0 Å². The van der Waals surface area contributed by atoms with Gasteiger partial charge in [-0.05, 0) is 42.3 Å². The van der Waals surface area contributed by atoms with E-state index in [2.05, 4.69) is 54.6 Å². The largest absolute Gasteiger partial charge is 0.310 e. The average Bonchev–Trinajstić information content (AvgIpc) is 2.89. The molecule has 108 valence electrons. The van der Waals surface area contributed by atoms with E-state index in [9.17, 15) is 0 Å². The van der Waals surface area contributed by atoms with Crippen LogP contribution in [0.5, 0.6) is 0 Å². The summed E-state index contributed by atoms with van der Waals surface area (Å²) in [5.74, 6) is 0. The molecule has 0 radical (unpaired) electrons. The number of nitrogens with one attached hydrogen (secondary N) is 1. The lowest BCUT2D eigenvalue weighted by Crippen LogP contribution is -2.22. The summed E-state index contributed by atoms with van der Waals surface area (Å²) < 4.78 is 1.89. The van der Waals surface area contributed by atoms with Crippen LogP contribution in [0.1, 0.15) is 25.0 Å². The fourth-order valence-corrected chi connectivity index (χ4v) is 2.38. The maximum atomic E-state index is 4.26. The van der Waals surface area contributed by atoms with Crippen molar-refractivity contribution in [1.82, 2.24) is 20.3 Å². The molecule has 0 bridgehead atoms. The SMILES string of the molecule is Cc1cc(-n2nnc3ccccc32)ccc1CNC(C)C. The Bertz CT molecular complexity index is 758. The summed E-state index contributed by atoms with van der Waals surface area (Å²) in [5, 5.41) is 11.9. The summed E-state index contributed by atoms with van der Waals surface area (Å²) in [6.45, 7) is 7.35. The van der Waals surface area contributed by atoms with Crippen LogP contribution in [0.3, 0.4) is 0 Å². The third-order valence-corrected chi connectivity index (χ3v) is 3.62. The monoisotopic (exact) mass is 280 g/mol. The van der Waals surface area contributed by atoms with Crippen LogP contribution in [0.15, 0.2) is 42.5 Å². The van der Waals surface area contributed by atoms with Crippen LogP contribution in [0.4, 0.5) is 0 Å². The second-order valence-corrected chi connectivity index (χ2v) is 5.64. The van der Waals surface area contributed by atoms with Gasteiger partial charge in [-0.3, -0.25) is 0 Å². The normalized spacial score (nSPS) is 11.4. The molecule has 1 heterocycles. The van der Waals surface area contributed by atoms with Crippen molar-refractivity contribution in [2.75, 3.05) is 0 Å². The van der Waals surface area contributed by atoms with Crippen molar-refractivity contribution in [3.8, 4) is 5.69 Å². The highest BCUT2D eigenvalue weighted by Crippen LogP contribution is 2.19. The lowest BCUT2D eigenvalue weighted by atomic mass is 10.1. The van der Waals surface area contributed by atoms with E-state index in [1.165, 1.54) is 11.1 Å². The number of aryl methyl sites for hydroxylation is 1. The molecule has 0 aliphatic carbocycles. The van der Waals surface area contributed by atoms with Crippen LogP contribution in [0, 0.1) is 6.92 Å². The summed E-state index contributed by atoms with van der Waals surface area (Å²) in [6.07, 6.45) is 0. The van der Waals surface area contributed by atoms with Crippen molar-refractivity contribution in [3.05, 3.63) is 53.6 Å². The molecule has 21 heavy (non-hydrogen) atoms. The van der Waals surface area contributed by atoms with Crippen molar-refractivity contribution in [2.45, 2.75) is 33.4 Å². The Morgan fingerprint density at radius 1 is 1.14 bits per heavy atom. The molecular formula is C17H20N4. The number of fused-ring (bicyclic) bond motifs is 1. The molecular weight excluding hydrogens is 260 g/mol. The van der Waals surface area contributed by atoms with E-state index in [4.69, 9.17) is 0 Å². The molecule has 0 spiro atoms. The van der Waals surface area contributed by atoms with Gasteiger partial charge in [0.25, 0.3) is 0 Å². The number of hydrogen-bond donors (Lipinski definition) is 1. The Morgan fingerprint density at radius 2 is 1.95 bits per heavy atom. The Balaban J connectivity index is 1.95. The van der Waals surface area contributed by atoms with E-state index in [1.54, 1.807) is 0 Å². The number of nitrogens with zero attached hydrogens (tertiary/aromatic N) is 3. The fraction of sp³-hybridized carbons (Fsp3) is 0.294. The van der Waals surface area contributed by atoms with E-state index in [0.717, 1.165) is 23.3 Å². The standard InChI is InChI=1S/C17H20N4/c1-12(2)18-11-14-8-9-15(10-13(14)3)21-17-7-5-4-6-16(17)19-20-21/h4-10,12,18H,11H2,1-3H3. The molecule has 0 amide bonds. The molecule has 0 saturated heterocycles. The second-order valence-electron chi connectivity index (χ2n) is 5.64. The van der Waals surface area contributed by atoms with E-state index in [1.807, 2.05) is 28.9 Å². The van der Waals surface area contributed by atoms with Crippen molar-refractivity contribution >= 4 is 11.0 Å². The van der Waals surface area contributed by atoms with Gasteiger partial charge in [0.15, 0.2) is 0 Å². The molecule has 3 rings (SSSR count). The van der Waals surface area contributed by atoms with Crippen LogP contribution < -0.4 is 5.32 Å². The topological polar surface area (TPSA) is 42.7 Å². The number of benzene rings is 2. The van der Waals surface area contributed by atoms with E-state index in [0.29, 0.717) is 6.04 Å². The zero-order chi connectivity index (χ0) is 14.8. The van der Waals surface area contributed by atoms with E-state index >= 15 is 0 Å². The molecule has 0 aliphatic heterocycles. The van der Waals surface area contributed by atoms with Gasteiger partial charge in [-0.1, -0.05) is 37.3 Å². The molecule has 2 aromatic carbocycles. The minimum absolute atomic E-state index is 0.489. The van der Waals surface area contributed by atoms with Crippen molar-refractivity contribution in [1.29, 1.82) is 0 Å². The predicted octanol–water partition coefficient (Wildman–Crippen LogP) is 3.23. The first-order valence-electron chi connectivity index (χ1n) is 7.29. The lowest BCUT2D eigenvalue weighted by Gasteiger charge is -2.12. The maximum Gasteiger partial charge on any atom is 0.113 e. The average molecular weight is 280 g/mol. The van der Waals surface area contributed by atoms with E-state index < -0.39 is 0 Å². The minimum atomic E-state index is 0.489. The fourth-order valence-electron chi connectivity index (χ4n) is 2.38. The van der Waals surface area contributed by atoms with Gasteiger partial charge in [-0.2, -0.15) is 0 Å². The van der Waals surface area contributed by atoms with Gasteiger partial charge in [0.1, 0.15) is 5.52 Å². The summed E-state index contributed by atoms with van der Waals surface area (Å²) in [7, 11) is 0. The number of aromatic nitrogens is 3. The number of para-hydroxylation sites is 1. The zero-order valence-electron chi connectivity index (χ0n) is 12.7. The molecule has 3 aromatic rings. The molecule has 0 saturated carbocycles. The van der Waals surface area contributed by atoms with Crippen LogP contribution in [0.25, 0.3) is 16.7 Å². The molecule has 4 heteroatoms. The summed E-state index contributed by atoms with van der Waals surface area (Å²) in [6, 6.07) is 14.9. The maximum absolute atomic E-state index is 4.26. The zero-order valence-corrected chi connectivity index (χ0v) is 12.7. The van der Waals surface area contributed by atoms with Gasteiger partial charge in [-0.25, -0.2) is 4.68 Å². The highest BCUT2D eigenvalue weighted by Gasteiger charge is 2.07. The Kier molecular flexibility index (Phi) is 3.71. The van der Waals surface area contributed by atoms with Crippen LogP contribution in [-0.4, -0.2) is 21.0 Å². The van der Waals surface area contributed by atoms with Crippen LogP contribution in [0.2, 0.25) is 0 Å². The molecule has 0 fully saturated rings. The van der Waals surface area contributed by atoms with Gasteiger partial charge in [0.2, 0.25) is 0 Å². The first-order chi connectivity index (χ1) is 10.1. The van der Waals surface area contributed by atoms with Crippen LogP contribution in [-0.2, 0) is 6.54 Å². The summed E-state index contributed by atoms with van der Waals surface area (Å²) in [5.41, 5.74) is 5.58. The van der Waals surface area contributed by atoms with Gasteiger partial charge >= 0.3 is 0 Å². The highest BCUT2D eigenvalue weighted by molar-refractivity contribution is 5.75. The smallest absolute Gasteiger partial charge is 0.113 e. The molecule has 0 atom stereocenters. The third kappa shape index (κ3) is 2.81. The quantitative estimate of drug-likeness (QED) is 0.798. The van der Waals surface area contributed by atoms with Gasteiger partial charge in [-0.15, -0.1) is 5.10 Å². The first kappa shape index (κ1) is 13.8. The van der Waals surface area contributed by atoms with Crippen molar-refractivity contribution in [3.63, 3.8) is 0 Å². The predicted molar refractivity (Wildman–Crippen MR) is 85.6 cm³/mol. The number of rotatable bonds is 4. The molecule has 1 N–H and O–H groups in total. The van der Waals surface area contributed by atoms with Crippen molar-refractivity contribution in [2.24, 2.45) is 0 Å². The molecule has 0 aliphatic rings. The van der Waals surface area contributed by atoms with Crippen molar-refractivity contribution < 1.29 is 0 Å². The van der Waals surface area contributed by atoms with Gasteiger partial charge < -0.3 is 5.32 Å². The Labute approximate surface area is 124 Å². The van der Waals surface area contributed by atoms with Crippen LogP contribution >= 0.6 is 0 Å². The second kappa shape index (κ2) is 5.66. The van der Waals surface area contributed by atoms with Gasteiger partial charge in [0, 0.05) is 12.6 Å². The third-order valence-electron chi connectivity index (χ3n) is 3.62. The first-order valence-corrected chi connectivity index (χ1v) is 7.29. The molecule has 0 unspecified atom stereocenters. The molecule has 4 nitrogen and oxygen atoms in total. The summed E-state index contributed by atoms with van der Waals surface area (Å²) in [4.78, 5) is 0. The number of hydrogen-bond acceptors (Lipinski definition) is 3. The highest BCUT2D eigenvalue weighted by atomic mass is 15.4.